The predicted molar refractivity (Wildman–Crippen MR) is 34.5 cm³/mol. The van der Waals surface area contributed by atoms with Crippen molar-refractivity contribution in [2.45, 2.75) is 0 Å². The molecule has 0 aliphatic rings. The molecule has 0 saturated carbocycles. The summed E-state index contributed by atoms with van der Waals surface area (Å²) in [6, 6.07) is 0. The third-order valence-corrected chi connectivity index (χ3v) is 1.21. The first-order valence-electron chi connectivity index (χ1n) is 2.75. The Morgan fingerprint density at radius 3 is 2.64 bits per heavy atom. The second kappa shape index (κ2) is 3.17. The number of fused-ring (bicyclic) bond motifs is 1. The van der Waals surface area contributed by atoms with Crippen molar-refractivity contribution in [3.05, 3.63) is 22.7 Å². The van der Waals surface area contributed by atoms with Gasteiger partial charge in [0, 0.05) is 12.4 Å². The predicted octanol–water partition coefficient (Wildman–Crippen LogP) is -3.35. The van der Waals surface area contributed by atoms with Crippen LogP contribution in [0.1, 0.15) is 0 Å². The first-order valence-corrected chi connectivity index (χ1v) is 2.75. The minimum absolute atomic E-state index is 0. The molecule has 2 aromatic rings. The molecule has 6 heteroatoms. The molecule has 0 spiro atoms. The van der Waals surface area contributed by atoms with Gasteiger partial charge in [0.2, 0.25) is 0 Å². The molecule has 0 bridgehead atoms. The quantitative estimate of drug-likeness (QED) is 0.394. The van der Waals surface area contributed by atoms with Crippen molar-refractivity contribution in [1.29, 1.82) is 0 Å². The summed E-state index contributed by atoms with van der Waals surface area (Å²) in [6.07, 6.45) is 3.00. The van der Waals surface area contributed by atoms with E-state index in [9.17, 15) is 4.79 Å². The normalized spacial score (nSPS) is 9.45. The number of hydrogen-bond acceptors (Lipinski definition) is 3. The molecule has 0 saturated heterocycles. The minimum atomic E-state index is -0.233. The third-order valence-electron chi connectivity index (χ3n) is 1.21. The van der Waals surface area contributed by atoms with Crippen LogP contribution in [0.25, 0.3) is 11.2 Å². The maximum absolute atomic E-state index is 10.8. The van der Waals surface area contributed by atoms with E-state index in [1.54, 1.807) is 0 Å². The Hall–Kier alpha value is -0.650. The minimum Gasteiger partial charge on any atom is -0.280 e. The van der Waals surface area contributed by atoms with Gasteiger partial charge in [0.25, 0.3) is 5.56 Å². The van der Waals surface area contributed by atoms with Crippen molar-refractivity contribution in [2.75, 3.05) is 0 Å². The maximum atomic E-state index is 10.8. The number of nitrogens with zero attached hydrogens (tertiary/aromatic N) is 2. The van der Waals surface area contributed by atoms with Crippen molar-refractivity contribution in [2.24, 2.45) is 0 Å². The van der Waals surface area contributed by atoms with Crippen LogP contribution in [0.4, 0.5) is 0 Å². The summed E-state index contributed by atoms with van der Waals surface area (Å²) >= 11 is 0. The Morgan fingerprint density at radius 2 is 1.91 bits per heavy atom. The topological polar surface area (TPSA) is 74.4 Å². The molecule has 0 aromatic carbocycles. The fourth-order valence-electron chi connectivity index (χ4n) is 0.771. The van der Waals surface area contributed by atoms with Crippen molar-refractivity contribution >= 4 is 11.2 Å². The van der Waals surface area contributed by atoms with E-state index in [0.717, 1.165) is 0 Å². The zero-order valence-corrected chi connectivity index (χ0v) is 7.96. The number of nitrogens with one attached hydrogen (secondary N) is 2. The van der Waals surface area contributed by atoms with Gasteiger partial charge in [-0.1, -0.05) is 0 Å². The molecule has 0 radical (unpaired) electrons. The number of hydrogen-bond donors (Lipinski definition) is 2. The molecule has 11 heavy (non-hydrogen) atoms. The van der Waals surface area contributed by atoms with Gasteiger partial charge in [0.15, 0.2) is 11.2 Å². The molecular formula is C5H4N4NaO+. The van der Waals surface area contributed by atoms with Crippen LogP contribution in [0, 0.1) is 0 Å². The van der Waals surface area contributed by atoms with Gasteiger partial charge in [0.1, 0.15) is 0 Å². The molecule has 0 aliphatic heterocycles. The summed E-state index contributed by atoms with van der Waals surface area (Å²) in [4.78, 5) is 18.4. The summed E-state index contributed by atoms with van der Waals surface area (Å²) in [5.41, 5.74) is 0.609. The molecule has 0 atom stereocenters. The van der Waals surface area contributed by atoms with E-state index in [1.165, 1.54) is 12.4 Å². The van der Waals surface area contributed by atoms with E-state index in [1.807, 2.05) is 0 Å². The molecule has 50 valence electrons. The number of rotatable bonds is 0. The van der Waals surface area contributed by atoms with Crippen LogP contribution in [-0.4, -0.2) is 20.2 Å². The van der Waals surface area contributed by atoms with E-state index in [4.69, 9.17) is 0 Å². The van der Waals surface area contributed by atoms with Crippen LogP contribution in [0.2, 0.25) is 0 Å². The van der Waals surface area contributed by atoms with Gasteiger partial charge in [0.05, 0.1) is 0 Å². The first kappa shape index (κ1) is 8.45. The van der Waals surface area contributed by atoms with E-state index < -0.39 is 0 Å². The molecule has 2 rings (SSSR count). The van der Waals surface area contributed by atoms with Gasteiger partial charge in [-0.2, -0.15) is 0 Å². The number of aromatic amines is 2. The van der Waals surface area contributed by atoms with Crippen LogP contribution < -0.4 is 35.1 Å². The first-order chi connectivity index (χ1) is 4.88. The summed E-state index contributed by atoms with van der Waals surface area (Å²) < 4.78 is 0. The van der Waals surface area contributed by atoms with Crippen LogP contribution in [-0.2, 0) is 0 Å². The second-order valence-electron chi connectivity index (χ2n) is 1.83. The van der Waals surface area contributed by atoms with E-state index >= 15 is 0 Å². The Kier molecular flexibility index (Phi) is 2.43. The third kappa shape index (κ3) is 1.35. The number of H-pyrrole nitrogens is 2. The Bertz CT molecular complexity index is 406. The molecule has 0 amide bonds. The van der Waals surface area contributed by atoms with Gasteiger partial charge < -0.3 is 0 Å². The molecule has 2 N–H and O–H groups in total. The largest absolute Gasteiger partial charge is 1.00 e. The summed E-state index contributed by atoms with van der Waals surface area (Å²) in [7, 11) is 0. The number of aromatic nitrogens is 4. The molecule has 5 nitrogen and oxygen atoms in total. The summed E-state index contributed by atoms with van der Waals surface area (Å²) in [5.74, 6) is 0. The van der Waals surface area contributed by atoms with Crippen molar-refractivity contribution in [3.63, 3.8) is 0 Å². The zero-order chi connectivity index (χ0) is 6.97. The monoisotopic (exact) mass is 159 g/mol. The zero-order valence-electron chi connectivity index (χ0n) is 5.96. The molecule has 0 aliphatic carbocycles. The molecule has 2 aromatic heterocycles. The van der Waals surface area contributed by atoms with Crippen molar-refractivity contribution in [1.82, 2.24) is 20.2 Å². The standard InChI is InChI=1S/C5H4N4O.Na/c10-5-3-4(8-9-5)7-2-1-6-3;/h1-2H,(H2,7,8,9,10);/q;+1. The van der Waals surface area contributed by atoms with Gasteiger partial charge in [-0.3, -0.25) is 15.0 Å². The van der Waals surface area contributed by atoms with Gasteiger partial charge >= 0.3 is 29.6 Å². The Morgan fingerprint density at radius 1 is 1.18 bits per heavy atom. The summed E-state index contributed by atoms with van der Waals surface area (Å²) in [6.45, 7) is 0. The van der Waals surface area contributed by atoms with E-state index in [2.05, 4.69) is 20.2 Å². The average Bonchev–Trinajstić information content (AvgIpc) is 2.34. The fourth-order valence-corrected chi connectivity index (χ4v) is 0.771. The molecule has 0 unspecified atom stereocenters. The smallest absolute Gasteiger partial charge is 0.280 e. The van der Waals surface area contributed by atoms with Crippen LogP contribution in [0.3, 0.4) is 0 Å². The van der Waals surface area contributed by atoms with Gasteiger partial charge in [-0.25, -0.2) is 9.97 Å². The van der Waals surface area contributed by atoms with Crippen LogP contribution in [0.5, 0.6) is 0 Å². The molecule has 2 heterocycles. The molecular weight excluding hydrogens is 155 g/mol. The maximum Gasteiger partial charge on any atom is 1.00 e. The van der Waals surface area contributed by atoms with Gasteiger partial charge in [-0.05, 0) is 0 Å². The van der Waals surface area contributed by atoms with Crippen LogP contribution >= 0.6 is 0 Å². The van der Waals surface area contributed by atoms with Crippen LogP contribution in [0.15, 0.2) is 17.2 Å². The Labute approximate surface area is 83.5 Å². The van der Waals surface area contributed by atoms with Crippen molar-refractivity contribution in [3.8, 4) is 0 Å². The SMILES string of the molecule is O=c1[nH][nH]c2nccnc12.[Na+]. The fraction of sp³-hybridized carbons (Fsp3) is 0. The van der Waals surface area contributed by atoms with E-state index in [0.29, 0.717) is 11.2 Å². The van der Waals surface area contributed by atoms with Gasteiger partial charge in [-0.15, -0.1) is 0 Å². The van der Waals surface area contributed by atoms with E-state index in [-0.39, 0.29) is 35.1 Å². The summed E-state index contributed by atoms with van der Waals surface area (Å²) in [5, 5.41) is 4.95. The van der Waals surface area contributed by atoms with Crippen molar-refractivity contribution < 1.29 is 29.6 Å². The second-order valence-corrected chi connectivity index (χ2v) is 1.83. The Balaban J connectivity index is 0.000000605. The average molecular weight is 159 g/mol. The molecule has 0 fully saturated rings.